The van der Waals surface area contributed by atoms with E-state index in [1.165, 1.54) is 28.7 Å². The van der Waals surface area contributed by atoms with Crippen LogP contribution >= 0.6 is 0 Å². The third kappa shape index (κ3) is 4.32. The molecule has 1 aromatic carbocycles. The Labute approximate surface area is 154 Å². The van der Waals surface area contributed by atoms with Crippen LogP contribution in [0.25, 0.3) is 17.0 Å². The van der Waals surface area contributed by atoms with Crippen LogP contribution in [-0.2, 0) is 6.54 Å². The fourth-order valence-corrected chi connectivity index (χ4v) is 2.97. The van der Waals surface area contributed by atoms with Crippen molar-refractivity contribution in [3.05, 3.63) is 52.6 Å². The monoisotopic (exact) mass is 379 g/mol. The molecule has 0 spiro atoms. The van der Waals surface area contributed by atoms with Gasteiger partial charge in [0.25, 0.3) is 5.56 Å². The predicted octanol–water partition coefficient (Wildman–Crippen LogP) is 4.56. The number of aromatic nitrogens is 3. The third-order valence-corrected chi connectivity index (χ3v) is 4.29. The number of ether oxygens (including phenoxy) is 1. The zero-order valence-electron chi connectivity index (χ0n) is 15.1. The van der Waals surface area contributed by atoms with E-state index in [-0.39, 0.29) is 11.3 Å². The maximum Gasteiger partial charge on any atom is 0.573 e. The second kappa shape index (κ2) is 7.46. The van der Waals surface area contributed by atoms with Crippen LogP contribution < -0.4 is 10.3 Å². The van der Waals surface area contributed by atoms with Crippen molar-refractivity contribution in [1.82, 2.24) is 14.0 Å². The van der Waals surface area contributed by atoms with E-state index in [9.17, 15) is 18.0 Å². The first-order valence-corrected chi connectivity index (χ1v) is 8.74. The van der Waals surface area contributed by atoms with Gasteiger partial charge in [-0.1, -0.05) is 19.8 Å². The maximum absolute atomic E-state index is 12.3. The average Bonchev–Trinajstić information content (AvgIpc) is 3.03. The highest BCUT2D eigenvalue weighted by Gasteiger charge is 2.31. The molecule has 144 valence electrons. The molecule has 0 aliphatic carbocycles. The molecule has 8 heteroatoms. The van der Waals surface area contributed by atoms with Crippen molar-refractivity contribution in [2.24, 2.45) is 0 Å². The standard InChI is InChI=1S/C19H20F3N3O2/c1-3-4-5-10-24-13(2)11-17(26)25-12-16(23-18(24)25)14-6-8-15(9-7-14)27-19(20,21)22/h6-9,11-12H,3-5,10H2,1-2H3. The predicted molar refractivity (Wildman–Crippen MR) is 95.8 cm³/mol. The zero-order valence-corrected chi connectivity index (χ0v) is 15.1. The van der Waals surface area contributed by atoms with Crippen LogP contribution in [0.15, 0.2) is 41.3 Å². The fourth-order valence-electron chi connectivity index (χ4n) is 2.97. The molecule has 0 aliphatic rings. The Hall–Kier alpha value is -2.77. The number of hydrogen-bond acceptors (Lipinski definition) is 3. The molecule has 0 saturated heterocycles. The number of alkyl halides is 3. The van der Waals surface area contributed by atoms with Crippen molar-refractivity contribution in [2.45, 2.75) is 46.0 Å². The number of benzene rings is 1. The van der Waals surface area contributed by atoms with Crippen molar-refractivity contribution in [1.29, 1.82) is 0 Å². The van der Waals surface area contributed by atoms with Crippen molar-refractivity contribution >= 4 is 5.78 Å². The van der Waals surface area contributed by atoms with Gasteiger partial charge in [-0.15, -0.1) is 13.2 Å². The second-order valence-electron chi connectivity index (χ2n) is 6.35. The molecule has 0 atom stereocenters. The Morgan fingerprint density at radius 3 is 2.48 bits per heavy atom. The molecule has 3 aromatic rings. The van der Waals surface area contributed by atoms with Crippen LogP contribution in [0.4, 0.5) is 13.2 Å². The van der Waals surface area contributed by atoms with E-state index in [1.807, 2.05) is 11.5 Å². The van der Waals surface area contributed by atoms with Gasteiger partial charge in [-0.05, 0) is 37.6 Å². The van der Waals surface area contributed by atoms with Gasteiger partial charge in [0.05, 0.1) is 5.69 Å². The van der Waals surface area contributed by atoms with E-state index in [1.54, 1.807) is 12.3 Å². The topological polar surface area (TPSA) is 48.5 Å². The summed E-state index contributed by atoms with van der Waals surface area (Å²) in [5.74, 6) is 0.228. The Morgan fingerprint density at radius 2 is 1.85 bits per heavy atom. The Balaban J connectivity index is 1.97. The normalized spacial score (nSPS) is 11.9. The first-order chi connectivity index (χ1) is 12.8. The van der Waals surface area contributed by atoms with Crippen molar-refractivity contribution < 1.29 is 17.9 Å². The summed E-state index contributed by atoms with van der Waals surface area (Å²) in [6, 6.07) is 6.99. The molecule has 0 fully saturated rings. The largest absolute Gasteiger partial charge is 0.573 e. The quantitative estimate of drug-likeness (QED) is 0.590. The fraction of sp³-hybridized carbons (Fsp3) is 0.368. The summed E-state index contributed by atoms with van der Waals surface area (Å²) in [5, 5.41) is 0. The molecule has 0 saturated carbocycles. The van der Waals surface area contributed by atoms with E-state index in [0.29, 0.717) is 17.0 Å². The number of nitrogens with zero attached hydrogens (tertiary/aromatic N) is 3. The molecule has 2 heterocycles. The molecular weight excluding hydrogens is 359 g/mol. The van der Waals surface area contributed by atoms with Crippen LogP contribution in [0.3, 0.4) is 0 Å². The van der Waals surface area contributed by atoms with Crippen LogP contribution in [0, 0.1) is 6.92 Å². The molecule has 2 aromatic heterocycles. The smallest absolute Gasteiger partial charge is 0.406 e. The van der Waals surface area contributed by atoms with Crippen molar-refractivity contribution in [2.75, 3.05) is 0 Å². The van der Waals surface area contributed by atoms with E-state index in [0.717, 1.165) is 31.5 Å². The van der Waals surface area contributed by atoms with Gasteiger partial charge in [0.15, 0.2) is 0 Å². The lowest BCUT2D eigenvalue weighted by atomic mass is 10.2. The summed E-state index contributed by atoms with van der Waals surface area (Å²) >= 11 is 0. The summed E-state index contributed by atoms with van der Waals surface area (Å²) in [7, 11) is 0. The molecular formula is C19H20F3N3O2. The number of halogens is 3. The highest BCUT2D eigenvalue weighted by atomic mass is 19.4. The molecule has 0 aliphatic heterocycles. The Bertz CT molecular complexity index is 988. The van der Waals surface area contributed by atoms with Gasteiger partial charge >= 0.3 is 6.36 Å². The van der Waals surface area contributed by atoms with Gasteiger partial charge in [-0.3, -0.25) is 9.20 Å². The minimum Gasteiger partial charge on any atom is -0.406 e. The summed E-state index contributed by atoms with van der Waals surface area (Å²) in [5.41, 5.74) is 1.76. The number of imidazole rings is 1. The second-order valence-corrected chi connectivity index (χ2v) is 6.35. The number of rotatable bonds is 6. The Kier molecular flexibility index (Phi) is 5.25. The van der Waals surface area contributed by atoms with Gasteiger partial charge in [0.2, 0.25) is 5.78 Å². The van der Waals surface area contributed by atoms with Gasteiger partial charge in [0, 0.05) is 30.1 Å². The first-order valence-electron chi connectivity index (χ1n) is 8.74. The van der Waals surface area contributed by atoms with Crippen molar-refractivity contribution in [3.63, 3.8) is 0 Å². The van der Waals surface area contributed by atoms with Gasteiger partial charge in [0.1, 0.15) is 5.75 Å². The molecule has 0 unspecified atom stereocenters. The van der Waals surface area contributed by atoms with Gasteiger partial charge < -0.3 is 9.30 Å². The lowest BCUT2D eigenvalue weighted by molar-refractivity contribution is -0.274. The van der Waals surface area contributed by atoms with Crippen LogP contribution in [-0.4, -0.2) is 20.3 Å². The molecule has 27 heavy (non-hydrogen) atoms. The van der Waals surface area contributed by atoms with E-state index < -0.39 is 6.36 Å². The van der Waals surface area contributed by atoms with E-state index in [2.05, 4.69) is 16.6 Å². The van der Waals surface area contributed by atoms with Gasteiger partial charge in [-0.2, -0.15) is 0 Å². The van der Waals surface area contributed by atoms with Crippen molar-refractivity contribution in [3.8, 4) is 17.0 Å². The molecule has 0 bridgehead atoms. The van der Waals surface area contributed by atoms with Crippen LogP contribution in [0.2, 0.25) is 0 Å². The molecule has 0 radical (unpaired) electrons. The van der Waals surface area contributed by atoms with Crippen LogP contribution in [0.1, 0.15) is 31.9 Å². The number of hydrogen-bond donors (Lipinski definition) is 0. The lowest BCUT2D eigenvalue weighted by Gasteiger charge is -2.11. The van der Waals surface area contributed by atoms with E-state index >= 15 is 0 Å². The maximum atomic E-state index is 12.3. The highest BCUT2D eigenvalue weighted by molar-refractivity contribution is 5.62. The van der Waals surface area contributed by atoms with E-state index in [4.69, 9.17) is 0 Å². The summed E-state index contributed by atoms with van der Waals surface area (Å²) < 4.78 is 44.2. The number of aryl methyl sites for hydroxylation is 2. The third-order valence-electron chi connectivity index (χ3n) is 4.29. The Morgan fingerprint density at radius 1 is 1.15 bits per heavy atom. The minimum atomic E-state index is -4.73. The summed E-state index contributed by atoms with van der Waals surface area (Å²) in [6.07, 6.45) is 0.00570. The molecule has 5 nitrogen and oxygen atoms in total. The molecule has 0 N–H and O–H groups in total. The molecule has 0 amide bonds. The SMILES string of the molecule is CCCCCn1c(C)cc(=O)n2cc(-c3ccc(OC(F)(F)F)cc3)nc12. The summed E-state index contributed by atoms with van der Waals surface area (Å²) in [4.78, 5) is 16.9. The van der Waals surface area contributed by atoms with Gasteiger partial charge in [-0.25, -0.2) is 4.98 Å². The van der Waals surface area contributed by atoms with Crippen LogP contribution in [0.5, 0.6) is 5.75 Å². The molecule has 3 rings (SSSR count). The summed E-state index contributed by atoms with van der Waals surface area (Å²) in [6.45, 7) is 4.73. The lowest BCUT2D eigenvalue weighted by Crippen LogP contribution is -2.18. The number of fused-ring (bicyclic) bond motifs is 1. The highest BCUT2D eigenvalue weighted by Crippen LogP contribution is 2.26. The first kappa shape index (κ1) is 19.0. The minimum absolute atomic E-state index is 0.190. The average molecular weight is 379 g/mol. The number of unbranched alkanes of at least 4 members (excludes halogenated alkanes) is 2. The zero-order chi connectivity index (χ0) is 19.6.